The molecular weight excluding hydrogens is 286 g/mol. The van der Waals surface area contributed by atoms with E-state index in [1.165, 1.54) is 0 Å². The zero-order valence-corrected chi connectivity index (χ0v) is 13.4. The van der Waals surface area contributed by atoms with Gasteiger partial charge in [-0.25, -0.2) is 0 Å². The molecule has 0 fully saturated rings. The van der Waals surface area contributed by atoms with Crippen molar-refractivity contribution in [1.29, 1.82) is 0 Å². The number of aliphatic hydroxyl groups excluding tert-OH is 1. The highest BCUT2D eigenvalue weighted by Gasteiger charge is 2.22. The van der Waals surface area contributed by atoms with E-state index >= 15 is 0 Å². The zero-order valence-electron chi connectivity index (χ0n) is 12.6. The van der Waals surface area contributed by atoms with Crippen molar-refractivity contribution in [3.05, 3.63) is 42.0 Å². The first-order chi connectivity index (χ1) is 9.69. The highest BCUT2D eigenvalue weighted by Crippen LogP contribution is 2.34. The molecule has 21 heavy (non-hydrogen) atoms. The number of aliphatic hydroxyl groups is 1. The lowest BCUT2D eigenvalue weighted by molar-refractivity contribution is 0.133. The summed E-state index contributed by atoms with van der Waals surface area (Å²) in [6.45, 7) is 4.58. The molecule has 0 aliphatic rings. The van der Waals surface area contributed by atoms with Crippen molar-refractivity contribution in [2.45, 2.75) is 38.8 Å². The van der Waals surface area contributed by atoms with E-state index in [1.54, 1.807) is 0 Å². The summed E-state index contributed by atoms with van der Waals surface area (Å²) >= 11 is 0. The van der Waals surface area contributed by atoms with Gasteiger partial charge in [0.15, 0.2) is 0 Å². The Morgan fingerprint density at radius 2 is 1.86 bits per heavy atom. The molecule has 0 amide bonds. The van der Waals surface area contributed by atoms with E-state index in [2.05, 4.69) is 0 Å². The number of hydrogen-bond donors (Lipinski definition) is 2. The van der Waals surface area contributed by atoms with Crippen LogP contribution in [-0.4, -0.2) is 17.8 Å². The quantitative estimate of drug-likeness (QED) is 0.853. The van der Waals surface area contributed by atoms with Crippen molar-refractivity contribution in [3.8, 4) is 5.75 Å². The Labute approximate surface area is 132 Å². The molecule has 2 aromatic carbocycles. The smallest absolute Gasteiger partial charge is 0.124 e. The van der Waals surface area contributed by atoms with Crippen LogP contribution in [0.15, 0.2) is 36.4 Å². The second-order valence-corrected chi connectivity index (χ2v) is 5.01. The first-order valence-electron chi connectivity index (χ1n) is 7.27. The van der Waals surface area contributed by atoms with Crippen LogP contribution in [0.25, 0.3) is 10.8 Å². The summed E-state index contributed by atoms with van der Waals surface area (Å²) in [4.78, 5) is 0. The van der Waals surface area contributed by atoms with Gasteiger partial charge >= 0.3 is 0 Å². The van der Waals surface area contributed by atoms with Gasteiger partial charge in [0, 0.05) is 5.56 Å². The third-order valence-electron chi connectivity index (χ3n) is 3.56. The Kier molecular flexibility index (Phi) is 6.96. The monoisotopic (exact) mass is 309 g/mol. The average Bonchev–Trinajstić information content (AvgIpc) is 2.47. The predicted molar refractivity (Wildman–Crippen MR) is 90.2 cm³/mol. The zero-order chi connectivity index (χ0) is 14.5. The summed E-state index contributed by atoms with van der Waals surface area (Å²) in [5.41, 5.74) is 7.20. The molecule has 0 saturated carbocycles. The maximum absolute atomic E-state index is 10.2. The van der Waals surface area contributed by atoms with Crippen molar-refractivity contribution in [2.24, 2.45) is 5.73 Å². The van der Waals surface area contributed by atoms with Gasteiger partial charge in [-0.3, -0.25) is 0 Å². The molecular formula is C17H24ClNO2. The summed E-state index contributed by atoms with van der Waals surface area (Å²) in [5, 5.41) is 12.4. The summed E-state index contributed by atoms with van der Waals surface area (Å²) in [6.07, 6.45) is 1.05. The van der Waals surface area contributed by atoms with Gasteiger partial charge < -0.3 is 15.6 Å². The number of fused-ring (bicyclic) bond motifs is 1. The molecule has 3 nitrogen and oxygen atoms in total. The van der Waals surface area contributed by atoms with Crippen molar-refractivity contribution in [3.63, 3.8) is 0 Å². The van der Waals surface area contributed by atoms with Crippen LogP contribution in [0.3, 0.4) is 0 Å². The summed E-state index contributed by atoms with van der Waals surface area (Å²) in [7, 11) is 0. The minimum Gasteiger partial charge on any atom is -0.494 e. The van der Waals surface area contributed by atoms with E-state index in [1.807, 2.05) is 50.2 Å². The van der Waals surface area contributed by atoms with Gasteiger partial charge in [0.1, 0.15) is 5.75 Å². The third-order valence-corrected chi connectivity index (χ3v) is 3.56. The number of nitrogens with two attached hydrogens (primary N) is 1. The van der Waals surface area contributed by atoms with Crippen LogP contribution in [0.4, 0.5) is 0 Å². The van der Waals surface area contributed by atoms with Crippen molar-refractivity contribution in [2.75, 3.05) is 6.61 Å². The molecule has 0 heterocycles. The average molecular weight is 310 g/mol. The molecule has 2 rings (SSSR count). The van der Waals surface area contributed by atoms with E-state index in [0.29, 0.717) is 13.0 Å². The van der Waals surface area contributed by atoms with Crippen LogP contribution in [0.5, 0.6) is 5.75 Å². The minimum absolute atomic E-state index is 0. The molecule has 0 spiro atoms. The Bertz CT molecular complexity index is 574. The molecule has 0 aliphatic heterocycles. The molecule has 0 radical (unpaired) electrons. The first-order valence-corrected chi connectivity index (χ1v) is 7.27. The largest absolute Gasteiger partial charge is 0.494 e. The first kappa shape index (κ1) is 17.8. The fraction of sp³-hybridized carbons (Fsp3) is 0.412. The molecule has 4 heteroatoms. The number of rotatable bonds is 6. The summed E-state index contributed by atoms with van der Waals surface area (Å²) in [5.74, 6) is 0.772. The van der Waals surface area contributed by atoms with E-state index in [-0.39, 0.29) is 12.4 Å². The fourth-order valence-corrected chi connectivity index (χ4v) is 2.57. The van der Waals surface area contributed by atoms with Crippen LogP contribution in [0, 0.1) is 0 Å². The highest BCUT2D eigenvalue weighted by atomic mass is 35.5. The number of benzene rings is 2. The molecule has 0 aliphatic carbocycles. The SMILES string of the molecule is CCC[C@H](O)[C@H](N)c1c(OCC)ccc2ccccc12.Cl. The maximum atomic E-state index is 10.2. The van der Waals surface area contributed by atoms with Gasteiger partial charge in [-0.15, -0.1) is 12.4 Å². The molecule has 0 bridgehead atoms. The van der Waals surface area contributed by atoms with E-state index in [0.717, 1.165) is 28.5 Å². The lowest BCUT2D eigenvalue weighted by Crippen LogP contribution is -2.26. The molecule has 0 aromatic heterocycles. The molecule has 0 unspecified atom stereocenters. The Hall–Kier alpha value is -1.29. The van der Waals surface area contributed by atoms with Crippen molar-refractivity contribution in [1.82, 2.24) is 0 Å². The third kappa shape index (κ3) is 3.88. The highest BCUT2D eigenvalue weighted by molar-refractivity contribution is 5.88. The second kappa shape index (κ2) is 8.23. The van der Waals surface area contributed by atoms with Gasteiger partial charge in [0.2, 0.25) is 0 Å². The normalized spacial score (nSPS) is 13.5. The number of hydrogen-bond acceptors (Lipinski definition) is 3. The van der Waals surface area contributed by atoms with E-state index in [4.69, 9.17) is 10.5 Å². The number of halogens is 1. The van der Waals surface area contributed by atoms with Gasteiger partial charge in [-0.05, 0) is 30.2 Å². The van der Waals surface area contributed by atoms with Crippen molar-refractivity contribution >= 4 is 23.2 Å². The van der Waals surface area contributed by atoms with Crippen LogP contribution in [-0.2, 0) is 0 Å². The summed E-state index contributed by atoms with van der Waals surface area (Å²) in [6, 6.07) is 11.6. The Morgan fingerprint density at radius 1 is 1.14 bits per heavy atom. The fourth-order valence-electron chi connectivity index (χ4n) is 2.57. The van der Waals surface area contributed by atoms with Crippen LogP contribution < -0.4 is 10.5 Å². The Balaban J connectivity index is 0.00000220. The second-order valence-electron chi connectivity index (χ2n) is 5.01. The van der Waals surface area contributed by atoms with Gasteiger partial charge in [0.25, 0.3) is 0 Å². The van der Waals surface area contributed by atoms with Crippen molar-refractivity contribution < 1.29 is 9.84 Å². The lowest BCUT2D eigenvalue weighted by Gasteiger charge is -2.23. The van der Waals surface area contributed by atoms with Gasteiger partial charge in [-0.1, -0.05) is 43.7 Å². The van der Waals surface area contributed by atoms with E-state index in [9.17, 15) is 5.11 Å². The topological polar surface area (TPSA) is 55.5 Å². The van der Waals surface area contributed by atoms with Crippen LogP contribution in [0.1, 0.15) is 38.3 Å². The molecule has 0 saturated heterocycles. The lowest BCUT2D eigenvalue weighted by atomic mass is 9.93. The van der Waals surface area contributed by atoms with E-state index < -0.39 is 12.1 Å². The Morgan fingerprint density at radius 3 is 2.52 bits per heavy atom. The molecule has 116 valence electrons. The van der Waals surface area contributed by atoms with Gasteiger partial charge in [0.05, 0.1) is 18.8 Å². The van der Waals surface area contributed by atoms with Crippen LogP contribution >= 0.6 is 12.4 Å². The molecule has 2 aromatic rings. The predicted octanol–water partition coefficient (Wildman–Crippen LogP) is 3.82. The van der Waals surface area contributed by atoms with Crippen LogP contribution in [0.2, 0.25) is 0 Å². The number of ether oxygens (including phenoxy) is 1. The maximum Gasteiger partial charge on any atom is 0.124 e. The molecule has 3 N–H and O–H groups in total. The van der Waals surface area contributed by atoms with Gasteiger partial charge in [-0.2, -0.15) is 0 Å². The standard InChI is InChI=1S/C17H23NO2.ClH/c1-3-7-14(19)17(18)16-13-9-6-5-8-12(13)10-11-15(16)20-4-2;/h5-6,8-11,14,17,19H,3-4,7,18H2,1-2H3;1H/t14-,17-;/m0./s1. The minimum atomic E-state index is -0.551. The molecule has 2 atom stereocenters. The summed E-state index contributed by atoms with van der Waals surface area (Å²) < 4.78 is 5.70.